The Hall–Kier alpha value is -13.8. The quantitative estimate of drug-likeness (QED) is 0.0188. The fourth-order valence-corrected chi connectivity index (χ4v) is 26.4. The summed E-state index contributed by atoms with van der Waals surface area (Å²) in [5.41, 5.74) is 2.61. The van der Waals surface area contributed by atoms with Crippen molar-refractivity contribution in [3.8, 4) is 0 Å². The number of alkyl halides is 10. The van der Waals surface area contributed by atoms with Gasteiger partial charge in [0.05, 0.1) is 65.4 Å². The van der Waals surface area contributed by atoms with Crippen LogP contribution in [0.1, 0.15) is 26.0 Å². The van der Waals surface area contributed by atoms with Gasteiger partial charge in [-0.15, -0.1) is 0 Å². The minimum Gasteiger partial charge on any atom is -0.664 e. The molecule has 4 nitrogen and oxygen atoms in total. The normalized spacial score (nSPS) is 11.1. The number of benzene rings is 18. The number of aryl methyl sites for hydroxylation is 2. The van der Waals surface area contributed by atoms with Gasteiger partial charge in [-0.2, -0.15) is 52.7 Å². The van der Waals surface area contributed by atoms with E-state index in [1.807, 2.05) is 0 Å². The van der Waals surface area contributed by atoms with Crippen molar-refractivity contribution in [1.29, 1.82) is 0 Å². The van der Waals surface area contributed by atoms with Gasteiger partial charge in [-0.25, -0.2) is 0 Å². The van der Waals surface area contributed by atoms with Crippen LogP contribution in [0.25, 0.3) is 0 Å². The summed E-state index contributed by atoms with van der Waals surface area (Å²) >= 11 is 0. The highest BCUT2D eigenvalue weighted by atomic mass is 32.2. The van der Waals surface area contributed by atoms with Crippen molar-refractivity contribution in [2.24, 2.45) is 0 Å². The van der Waals surface area contributed by atoms with Crippen LogP contribution < -0.4 is 10.4 Å². The molecule has 0 bridgehead atoms. The fourth-order valence-electron chi connectivity index (χ4n) is 13.8. The van der Waals surface area contributed by atoms with Crippen LogP contribution in [0.15, 0.2) is 634 Å². The first-order valence-electron chi connectivity index (χ1n) is 43.7. The highest BCUT2D eigenvalue weighted by molar-refractivity contribution is 7.98. The molecule has 0 aliphatic heterocycles. The molecular formula is C120H102F12O4S6+4. The van der Waals surface area contributed by atoms with Gasteiger partial charge in [-0.1, -0.05) is 341 Å². The van der Waals surface area contributed by atoms with Crippen LogP contribution in [0.5, 0.6) is 0 Å². The lowest BCUT2D eigenvalue weighted by atomic mass is 9.93. The van der Waals surface area contributed by atoms with Crippen molar-refractivity contribution < 1.29 is 72.7 Å². The number of halogens is 12. The van der Waals surface area contributed by atoms with E-state index < -0.39 is 47.4 Å². The lowest BCUT2D eigenvalue weighted by Gasteiger charge is -2.39. The molecule has 18 aromatic carbocycles. The molecule has 722 valence electrons. The molecule has 0 aliphatic carbocycles. The van der Waals surface area contributed by atoms with Crippen molar-refractivity contribution in [2.75, 3.05) is 0 Å². The summed E-state index contributed by atoms with van der Waals surface area (Å²) in [5, 5.41) is 19.2. The summed E-state index contributed by atoms with van der Waals surface area (Å²) in [4.78, 5) is 36.0. The highest BCUT2D eigenvalue weighted by Crippen LogP contribution is 2.59. The summed E-state index contributed by atoms with van der Waals surface area (Å²) in [6.07, 6.45) is -4.17. The monoisotopic (exact) mass is 2030 g/mol. The zero-order chi connectivity index (χ0) is 99.2. The molecule has 0 aromatic heterocycles. The molecule has 0 fully saturated rings. The van der Waals surface area contributed by atoms with E-state index in [9.17, 15) is 67.8 Å². The van der Waals surface area contributed by atoms with Gasteiger partial charge in [-0.3, -0.25) is 0 Å². The Bertz CT molecular complexity index is 5610. The molecule has 18 aromatic rings. The Balaban J connectivity index is 0.000000170. The maximum atomic E-state index is 13.0. The first kappa shape index (κ1) is 110. The fraction of sp³-hybridized carbons (Fsp3) is 0.0750. The maximum absolute atomic E-state index is 13.0. The number of carboxylic acids is 1. The standard InChI is InChI=1S/2C19H17S.4C18H15S.C8H2F12O4.2CH4/c2*1-16-12-14-19(15-13-16)20(17-8-4-2-5-9-17)18-10-6-3-7-11-18;4*1-4-10-16(11-5-1)19(17-12-6-2-7-13-17)18-14-8-3-9-15-18;9-2(10)1(24-23)4(11,12)6(15,16)8(19,20)7(17,18)5(13,14)3(21)22;;/h2*2-15H,1H3;4*1-15H;23H,(H,21,22);2*1H4/q6*+1;;;/p-2. The average Bonchev–Trinajstić information content (AvgIpc) is 0.709. The van der Waals surface area contributed by atoms with Crippen LogP contribution in [0.4, 0.5) is 52.7 Å². The lowest BCUT2D eigenvalue weighted by molar-refractivity contribution is -0.678. The molecule has 0 amide bonds. The average molecular weight is 2030 g/mol. The summed E-state index contributed by atoms with van der Waals surface area (Å²) in [6.45, 7) is 4.26. The number of carbonyl (C=O) groups is 1. The number of allylic oxidation sites excluding steroid dienone is 1. The number of hydrogen-bond donors (Lipinski definition) is 0. The van der Waals surface area contributed by atoms with Gasteiger partial charge >= 0.3 is 35.7 Å². The van der Waals surface area contributed by atoms with E-state index in [0.29, 0.717) is 0 Å². The third-order valence-electron chi connectivity index (χ3n) is 20.5. The van der Waals surface area contributed by atoms with Crippen LogP contribution in [-0.4, -0.2) is 35.6 Å². The molecule has 18 rings (SSSR count). The molecule has 0 saturated carbocycles. The molecule has 0 spiro atoms. The Morgan fingerprint density at radius 2 is 0.310 bits per heavy atom. The molecule has 0 atom stereocenters. The minimum absolute atomic E-state index is 0. The molecule has 0 saturated heterocycles. The first-order valence-corrected chi connectivity index (χ1v) is 51.0. The zero-order valence-corrected chi connectivity index (χ0v) is 80.3. The van der Waals surface area contributed by atoms with Crippen LogP contribution in [0.3, 0.4) is 0 Å². The maximum Gasteiger partial charge on any atom is 0.386 e. The lowest BCUT2D eigenvalue weighted by Crippen LogP contribution is -2.70. The SMILES string of the molecule is C.C.Cc1ccc([S+](c2ccccc2)c2ccccc2)cc1.Cc1ccc([S+](c2ccccc2)c2ccccc2)cc1.O=C([O-])C(F)(F)C(F)(F)C(F)(F)C(F)(F)C(F)(F)C(O[O-])=C(F)F.c1ccc([S+](c2ccccc2)c2ccccc2)cc1.c1ccc([S+](c2ccccc2)c2ccccc2)cc1.c1ccc([S+](c2ccccc2)c2ccccc2)cc1.c1ccc([S+](c2ccccc2)c2ccccc2)cc1. The van der Waals surface area contributed by atoms with E-state index >= 15 is 0 Å². The minimum atomic E-state index is -7.97. The van der Waals surface area contributed by atoms with Gasteiger partial charge in [0, 0.05) is 0 Å². The third-order valence-corrected chi connectivity index (χ3v) is 33.9. The number of rotatable bonds is 25. The first-order chi connectivity index (χ1) is 67.8. The zero-order valence-electron chi connectivity index (χ0n) is 75.4. The topological polar surface area (TPSA) is 72.4 Å². The van der Waals surface area contributed by atoms with Gasteiger partial charge in [0.2, 0.25) is 5.76 Å². The second-order valence-electron chi connectivity index (χ2n) is 30.3. The predicted molar refractivity (Wildman–Crippen MR) is 552 cm³/mol. The van der Waals surface area contributed by atoms with Crippen molar-refractivity contribution in [3.05, 3.63) is 557 Å². The van der Waals surface area contributed by atoms with E-state index in [4.69, 9.17) is 0 Å². The number of hydrogen-bond acceptors (Lipinski definition) is 4. The summed E-state index contributed by atoms with van der Waals surface area (Å²) in [5.74, 6) is -46.3. The van der Waals surface area contributed by atoms with Crippen molar-refractivity contribution >= 4 is 71.3 Å². The second-order valence-corrected chi connectivity index (χ2v) is 42.5. The van der Waals surface area contributed by atoms with Crippen LogP contribution >= 0.6 is 0 Å². The second kappa shape index (κ2) is 54.8. The van der Waals surface area contributed by atoms with Gasteiger partial charge in [-0.05, 0) is 232 Å². The molecule has 0 heterocycles. The van der Waals surface area contributed by atoms with Gasteiger partial charge in [0.25, 0.3) is 0 Å². The Kier molecular flexibility index (Phi) is 42.5. The molecule has 0 radical (unpaired) electrons. The van der Waals surface area contributed by atoms with E-state index in [-0.39, 0.29) is 80.2 Å². The summed E-state index contributed by atoms with van der Waals surface area (Å²) in [7, 11) is -0.104. The molecule has 0 aliphatic rings. The third kappa shape index (κ3) is 29.2. The summed E-state index contributed by atoms with van der Waals surface area (Å²) in [6, 6.07) is 189. The van der Waals surface area contributed by atoms with E-state index in [0.717, 1.165) is 0 Å². The Morgan fingerprint density at radius 3 is 0.415 bits per heavy atom. The number of carbonyl (C=O) groups excluding carboxylic acids is 1. The van der Waals surface area contributed by atoms with Gasteiger partial charge in [0.15, 0.2) is 88.1 Å². The highest BCUT2D eigenvalue weighted by Gasteiger charge is 2.88. The van der Waals surface area contributed by atoms with Crippen molar-refractivity contribution in [3.63, 3.8) is 0 Å². The van der Waals surface area contributed by atoms with Gasteiger partial charge < -0.3 is 20.0 Å². The molecule has 0 N–H and O–H groups in total. The van der Waals surface area contributed by atoms with Gasteiger partial charge in [0.1, 0.15) is 5.97 Å². The Labute approximate surface area is 840 Å². The molecule has 142 heavy (non-hydrogen) atoms. The number of aliphatic carboxylic acids is 1. The van der Waals surface area contributed by atoms with E-state index in [1.54, 1.807) is 4.89 Å². The van der Waals surface area contributed by atoms with Crippen molar-refractivity contribution in [2.45, 2.75) is 146 Å². The molecule has 22 heteroatoms. The van der Waals surface area contributed by atoms with Crippen LogP contribution in [0, 0.1) is 13.8 Å². The number of carboxylic acid groups (broad SMARTS) is 1. The van der Waals surface area contributed by atoms with E-state index in [2.05, 4.69) is 548 Å². The smallest absolute Gasteiger partial charge is 0.386 e. The van der Waals surface area contributed by atoms with E-state index in [1.165, 1.54) is 99.2 Å². The van der Waals surface area contributed by atoms with Crippen LogP contribution in [0.2, 0.25) is 0 Å². The molecular weight excluding hydrogens is 1930 g/mol. The van der Waals surface area contributed by atoms with Crippen molar-refractivity contribution in [1.82, 2.24) is 0 Å². The molecule has 0 unspecified atom stereocenters. The predicted octanol–water partition coefficient (Wildman–Crippen LogP) is 31.9. The Morgan fingerprint density at radius 1 is 0.197 bits per heavy atom. The van der Waals surface area contributed by atoms with Crippen LogP contribution in [-0.2, 0) is 75.1 Å². The summed E-state index contributed by atoms with van der Waals surface area (Å²) < 4.78 is 152. The largest absolute Gasteiger partial charge is 0.664 e.